The zero-order chi connectivity index (χ0) is 58.4. The lowest BCUT2D eigenvalue weighted by molar-refractivity contribution is -0.143. The molecule has 20 heteroatoms. The lowest BCUT2D eigenvalue weighted by Gasteiger charge is -2.37. The van der Waals surface area contributed by atoms with Crippen LogP contribution in [0.4, 0.5) is 15.3 Å². The minimum atomic E-state index is -2.01. The molecule has 83 heavy (non-hydrogen) atoms. The van der Waals surface area contributed by atoms with Crippen molar-refractivity contribution in [3.05, 3.63) is 142 Å². The van der Waals surface area contributed by atoms with Crippen LogP contribution in [0.3, 0.4) is 0 Å². The number of alkyl halides is 1. The molecule has 2 aliphatic heterocycles. The number of para-hydroxylation sites is 1. The number of likely N-dealkylation sites (tertiary alicyclic amines) is 1. The number of fused-ring (bicyclic) bond motifs is 2. The van der Waals surface area contributed by atoms with Gasteiger partial charge in [-0.15, -0.1) is 11.3 Å². The molecule has 3 atom stereocenters. The number of carbonyl (C=O) groups is 5. The summed E-state index contributed by atoms with van der Waals surface area (Å²) in [5.74, 6) is -1.31. The van der Waals surface area contributed by atoms with Gasteiger partial charge < -0.3 is 35.4 Å². The van der Waals surface area contributed by atoms with Gasteiger partial charge in [-0.1, -0.05) is 97.7 Å². The topological polar surface area (TPSA) is 216 Å². The zero-order valence-electron chi connectivity index (χ0n) is 47.0. The first-order chi connectivity index (χ1) is 40.0. The summed E-state index contributed by atoms with van der Waals surface area (Å²) in [6, 6.07) is 28.4. The maximum atomic E-state index is 15.1. The van der Waals surface area contributed by atoms with Crippen LogP contribution in [0.25, 0.3) is 31.8 Å². The van der Waals surface area contributed by atoms with Crippen molar-refractivity contribution >= 4 is 85.2 Å². The molecule has 2 fully saturated rings. The van der Waals surface area contributed by atoms with E-state index in [2.05, 4.69) is 25.9 Å². The van der Waals surface area contributed by atoms with Gasteiger partial charge in [0.15, 0.2) is 16.5 Å². The van der Waals surface area contributed by atoms with E-state index in [1.54, 1.807) is 29.0 Å². The van der Waals surface area contributed by atoms with Crippen molar-refractivity contribution in [1.82, 2.24) is 30.5 Å². The van der Waals surface area contributed by atoms with Crippen LogP contribution in [-0.4, -0.2) is 114 Å². The summed E-state index contributed by atoms with van der Waals surface area (Å²) >= 11 is 4.50. The molecule has 16 nitrogen and oxygen atoms in total. The smallest absolute Gasteiger partial charge is 0.355 e. The van der Waals surface area contributed by atoms with E-state index in [4.69, 9.17) is 9.72 Å². The number of β-amino-alcohol motifs (C(OH)–C–C–N with tert-alkyl or cyclic N) is 1. The van der Waals surface area contributed by atoms with Gasteiger partial charge in [-0.25, -0.2) is 24.1 Å². The van der Waals surface area contributed by atoms with Crippen LogP contribution in [0.1, 0.15) is 120 Å². The Hall–Kier alpha value is -7.26. The summed E-state index contributed by atoms with van der Waals surface area (Å²) in [5.41, 5.74) is 7.84. The predicted molar refractivity (Wildman–Crippen MR) is 325 cm³/mol. The molecular formula is C63H69FN8O8S3. The summed E-state index contributed by atoms with van der Waals surface area (Å²) in [7, 11) is 0. The van der Waals surface area contributed by atoms with Crippen LogP contribution in [0.2, 0.25) is 0 Å². The van der Waals surface area contributed by atoms with Crippen LogP contribution in [-0.2, 0) is 33.9 Å². The van der Waals surface area contributed by atoms with Gasteiger partial charge in [0.05, 0.1) is 39.0 Å². The quantitative estimate of drug-likeness (QED) is 0.0356. The van der Waals surface area contributed by atoms with Crippen LogP contribution >= 0.6 is 34.4 Å². The molecule has 3 aromatic heterocycles. The molecule has 1 saturated carbocycles. The lowest BCUT2D eigenvalue weighted by atomic mass is 9.94. The van der Waals surface area contributed by atoms with Crippen molar-refractivity contribution in [2.45, 2.75) is 134 Å². The third-order valence-corrected chi connectivity index (χ3v) is 19.3. The molecule has 0 radical (unpaired) electrons. The number of halogens is 1. The number of anilines is 2. The minimum Gasteiger partial charge on any atom is -0.493 e. The summed E-state index contributed by atoms with van der Waals surface area (Å²) in [4.78, 5) is 85.9. The van der Waals surface area contributed by atoms with Crippen molar-refractivity contribution in [3.8, 4) is 27.3 Å². The number of amides is 4. The summed E-state index contributed by atoms with van der Waals surface area (Å²) in [6.45, 7) is 9.19. The Balaban J connectivity index is 0.683. The minimum absolute atomic E-state index is 0.0435. The van der Waals surface area contributed by atoms with E-state index < -0.39 is 52.3 Å². The molecule has 434 valence electrons. The molecule has 4 aromatic carbocycles. The zero-order valence-corrected chi connectivity index (χ0v) is 49.5. The molecule has 3 unspecified atom stereocenters. The van der Waals surface area contributed by atoms with E-state index >= 15 is 4.39 Å². The van der Waals surface area contributed by atoms with Crippen LogP contribution in [0.5, 0.6) is 5.75 Å². The Kier molecular flexibility index (Phi) is 18.2. The molecule has 5 heterocycles. The average Bonchev–Trinajstić information content (AvgIpc) is 3.98. The van der Waals surface area contributed by atoms with E-state index in [-0.39, 0.29) is 44.0 Å². The number of rotatable bonds is 24. The fraction of sp³-hybridized carbons (Fsp3) is 0.397. The number of hydrogen-bond donors (Lipinski definition) is 5. The predicted octanol–water partition coefficient (Wildman–Crippen LogP) is 11.1. The molecule has 1 aliphatic carbocycles. The number of thioether (sulfide) groups is 1. The Morgan fingerprint density at radius 2 is 1.65 bits per heavy atom. The van der Waals surface area contributed by atoms with Gasteiger partial charge in [0.2, 0.25) is 11.8 Å². The number of benzene rings is 4. The number of pyridine rings is 1. The average molecular weight is 1180 g/mol. The van der Waals surface area contributed by atoms with E-state index in [0.29, 0.717) is 65.3 Å². The number of carboxylic acid groups (broad SMARTS) is 1. The van der Waals surface area contributed by atoms with E-state index in [9.17, 15) is 34.2 Å². The number of carboxylic acids is 1. The van der Waals surface area contributed by atoms with Gasteiger partial charge in [-0.2, -0.15) is 11.8 Å². The van der Waals surface area contributed by atoms with E-state index in [1.165, 1.54) is 28.0 Å². The second kappa shape index (κ2) is 25.7. The number of carbonyl (C=O) groups excluding carboxylic acids is 4. The highest BCUT2D eigenvalue weighted by atomic mass is 32.2. The van der Waals surface area contributed by atoms with E-state index in [1.807, 2.05) is 118 Å². The number of thiazole rings is 2. The Labute approximate surface area is 494 Å². The van der Waals surface area contributed by atoms with Crippen LogP contribution in [0.15, 0.2) is 103 Å². The molecule has 0 bridgehead atoms. The molecule has 10 rings (SSSR count). The molecule has 0 spiro atoms. The second-order valence-corrected chi connectivity index (χ2v) is 25.9. The summed E-state index contributed by atoms with van der Waals surface area (Å²) in [5, 5.41) is 30.5. The fourth-order valence-corrected chi connectivity index (χ4v) is 13.8. The first-order valence-corrected chi connectivity index (χ1v) is 31.0. The number of unbranched alkanes of at least 4 members (excludes halogenated alkanes) is 5. The van der Waals surface area contributed by atoms with Crippen LogP contribution in [0, 0.1) is 13.8 Å². The highest BCUT2D eigenvalue weighted by molar-refractivity contribution is 8.00. The summed E-state index contributed by atoms with van der Waals surface area (Å²) < 4.78 is 21.5. The van der Waals surface area contributed by atoms with Crippen molar-refractivity contribution in [3.63, 3.8) is 0 Å². The number of aryl methyl sites for hydroxylation is 1. The Morgan fingerprint density at radius 1 is 0.892 bits per heavy atom. The molecule has 1 saturated heterocycles. The largest absolute Gasteiger partial charge is 0.493 e. The number of ether oxygens (including phenoxy) is 1. The van der Waals surface area contributed by atoms with Gasteiger partial charge in [-0.3, -0.25) is 24.5 Å². The SMILES string of the molecule is Cc1ncsc1-c1ccc(CNC(=O)C2CC(O)CN2C(=O)C(NC(=O)C2(F)CC2)C(C)(C)SCCCCCCCCOc2cccc(-c3ccc(N4CCc5cccc(C(=O)Nc6nc7ccccc7s6)c5C4)nc3C(=O)O)c2C)cc1. The fourth-order valence-electron chi connectivity index (χ4n) is 10.9. The molecule has 4 amide bonds. The highest BCUT2D eigenvalue weighted by Crippen LogP contribution is 2.42. The number of aliphatic hydroxyl groups is 1. The first kappa shape index (κ1) is 58.9. The van der Waals surface area contributed by atoms with E-state index in [0.717, 1.165) is 87.1 Å². The van der Waals surface area contributed by atoms with Crippen molar-refractivity contribution in [1.29, 1.82) is 0 Å². The number of aliphatic hydroxyl groups excluding tert-OH is 1. The standard InChI is InChI=1S/C63H69FN8O8S3/c1-38-44(45-25-26-52(68-53(45)59(77)78)71-30-27-41-15-13-17-46(47(41)36-71)56(74)70-61-67-48-18-9-10-20-51(48)83-61)16-14-19-50(38)80-31-11-7-5-6-8-12-32-82-62(3,4)55(69-60(79)63(64)28-29-63)58(76)72-35-43(73)33-49(72)57(75)65-34-40-21-23-42(24-22-40)54-39(2)66-37-81-54/h9-10,13-26,37,43,49,55,73H,5-8,11-12,27-36H2,1-4H3,(H,65,75)(H,69,79)(H,77,78)(H,67,70,74). The van der Waals surface area contributed by atoms with Crippen molar-refractivity contribution < 1.29 is 43.3 Å². The highest BCUT2D eigenvalue weighted by Gasteiger charge is 2.54. The Morgan fingerprint density at radius 3 is 2.40 bits per heavy atom. The van der Waals surface area contributed by atoms with Gasteiger partial charge in [0, 0.05) is 48.5 Å². The number of nitrogens with zero attached hydrogens (tertiary/aromatic N) is 5. The monoisotopic (exact) mass is 1180 g/mol. The van der Waals surface area contributed by atoms with Gasteiger partial charge >= 0.3 is 5.97 Å². The Bertz CT molecular complexity index is 3500. The molecule has 7 aromatic rings. The second-order valence-electron chi connectivity index (χ2n) is 22.2. The van der Waals surface area contributed by atoms with Gasteiger partial charge in [0.1, 0.15) is 23.7 Å². The van der Waals surface area contributed by atoms with Crippen LogP contribution < -0.4 is 25.6 Å². The maximum Gasteiger partial charge on any atom is 0.355 e. The molecular weight excluding hydrogens is 1110 g/mol. The maximum absolute atomic E-state index is 15.1. The third kappa shape index (κ3) is 13.7. The normalized spacial score (nSPS) is 16.7. The molecule has 3 aliphatic rings. The number of aromatic carboxylic acids is 1. The third-order valence-electron chi connectivity index (χ3n) is 15.9. The van der Waals surface area contributed by atoms with Gasteiger partial charge in [0.25, 0.3) is 11.8 Å². The first-order valence-electron chi connectivity index (χ1n) is 28.4. The lowest BCUT2D eigenvalue weighted by Crippen LogP contribution is -2.61. The van der Waals surface area contributed by atoms with Crippen molar-refractivity contribution in [2.24, 2.45) is 0 Å². The number of aromatic nitrogens is 3. The summed E-state index contributed by atoms with van der Waals surface area (Å²) in [6.07, 6.45) is 5.43. The van der Waals surface area contributed by atoms with Crippen molar-refractivity contribution in [2.75, 3.05) is 35.7 Å². The van der Waals surface area contributed by atoms with Gasteiger partial charge in [-0.05, 0) is 135 Å². The number of hydrogen-bond acceptors (Lipinski definition) is 14. The molecule has 5 N–H and O–H groups in total. The number of nitrogens with one attached hydrogen (secondary N) is 3.